The van der Waals surface area contributed by atoms with Gasteiger partial charge in [-0.15, -0.1) is 0 Å². The quantitative estimate of drug-likeness (QED) is 0.876. The van der Waals surface area contributed by atoms with E-state index in [0.29, 0.717) is 11.9 Å². The van der Waals surface area contributed by atoms with Crippen molar-refractivity contribution in [1.82, 2.24) is 15.0 Å². The van der Waals surface area contributed by atoms with Crippen LogP contribution in [-0.4, -0.2) is 22.0 Å². The Balaban J connectivity index is 2.23. The number of rotatable bonds is 3. The highest BCUT2D eigenvalue weighted by Gasteiger charge is 2.03. The van der Waals surface area contributed by atoms with Gasteiger partial charge in [-0.1, -0.05) is 17.7 Å². The molecule has 2 aromatic rings. The molecule has 0 fully saturated rings. The minimum absolute atomic E-state index is 0.152. The van der Waals surface area contributed by atoms with Crippen LogP contribution in [-0.2, 0) is 0 Å². The second-order valence-electron chi connectivity index (χ2n) is 3.49. The van der Waals surface area contributed by atoms with Crippen LogP contribution in [0.25, 0.3) is 0 Å². The smallest absolute Gasteiger partial charge is 0.233 e. The van der Waals surface area contributed by atoms with Crippen LogP contribution in [0.1, 0.15) is 5.56 Å². The second kappa shape index (κ2) is 4.97. The van der Waals surface area contributed by atoms with Gasteiger partial charge in [0.1, 0.15) is 0 Å². The maximum Gasteiger partial charge on any atom is 0.233 e. The molecule has 0 amide bonds. The van der Waals surface area contributed by atoms with Gasteiger partial charge in [-0.25, -0.2) is 0 Å². The van der Waals surface area contributed by atoms with E-state index in [1.54, 1.807) is 7.05 Å². The third-order valence-electron chi connectivity index (χ3n) is 2.14. The van der Waals surface area contributed by atoms with Crippen molar-refractivity contribution in [2.24, 2.45) is 0 Å². The summed E-state index contributed by atoms with van der Waals surface area (Å²) in [7, 11) is 1.72. The molecule has 0 aliphatic carbocycles. The summed E-state index contributed by atoms with van der Waals surface area (Å²) in [6.45, 7) is 2.03. The minimum Gasteiger partial charge on any atom is -0.357 e. The van der Waals surface area contributed by atoms with Crippen molar-refractivity contribution in [3.63, 3.8) is 0 Å². The molecule has 0 radical (unpaired) electrons. The van der Waals surface area contributed by atoms with Crippen molar-refractivity contribution in [3.05, 3.63) is 35.1 Å². The average Bonchev–Trinajstić information content (AvgIpc) is 2.31. The highest BCUT2D eigenvalue weighted by atomic mass is 35.5. The van der Waals surface area contributed by atoms with Gasteiger partial charge < -0.3 is 10.6 Å². The van der Waals surface area contributed by atoms with Gasteiger partial charge >= 0.3 is 0 Å². The van der Waals surface area contributed by atoms with Crippen LogP contribution >= 0.6 is 11.6 Å². The van der Waals surface area contributed by atoms with E-state index in [-0.39, 0.29) is 5.28 Å². The second-order valence-corrected chi connectivity index (χ2v) is 3.83. The summed E-state index contributed by atoms with van der Waals surface area (Å²) in [4.78, 5) is 12.0. The van der Waals surface area contributed by atoms with Gasteiger partial charge in [0.2, 0.25) is 17.2 Å². The first-order valence-electron chi connectivity index (χ1n) is 5.10. The van der Waals surface area contributed by atoms with Crippen LogP contribution in [0.5, 0.6) is 0 Å². The molecule has 5 nitrogen and oxygen atoms in total. The summed E-state index contributed by atoms with van der Waals surface area (Å²) < 4.78 is 0. The highest BCUT2D eigenvalue weighted by Crippen LogP contribution is 2.15. The van der Waals surface area contributed by atoms with E-state index in [1.165, 1.54) is 5.56 Å². The molecule has 2 N–H and O–H groups in total. The normalized spacial score (nSPS) is 10.1. The van der Waals surface area contributed by atoms with Crippen molar-refractivity contribution < 1.29 is 0 Å². The lowest BCUT2D eigenvalue weighted by molar-refractivity contribution is 1.05. The lowest BCUT2D eigenvalue weighted by Crippen LogP contribution is -2.03. The summed E-state index contributed by atoms with van der Waals surface area (Å²) in [6.07, 6.45) is 0. The number of anilines is 3. The topological polar surface area (TPSA) is 62.7 Å². The molecule has 6 heteroatoms. The molecule has 0 spiro atoms. The zero-order valence-corrected chi connectivity index (χ0v) is 10.3. The van der Waals surface area contributed by atoms with Gasteiger partial charge in [-0.3, -0.25) is 0 Å². The van der Waals surface area contributed by atoms with Gasteiger partial charge in [0.15, 0.2) is 0 Å². The van der Waals surface area contributed by atoms with Gasteiger partial charge in [0.05, 0.1) is 0 Å². The monoisotopic (exact) mass is 249 g/mol. The van der Waals surface area contributed by atoms with E-state index in [2.05, 4.69) is 25.6 Å². The van der Waals surface area contributed by atoms with Crippen LogP contribution in [0.4, 0.5) is 17.6 Å². The molecule has 0 saturated carbocycles. The number of aryl methyl sites for hydroxylation is 1. The first kappa shape index (κ1) is 11.6. The molecule has 88 valence electrons. The molecule has 0 aliphatic rings. The fourth-order valence-corrected chi connectivity index (χ4v) is 1.44. The highest BCUT2D eigenvalue weighted by molar-refractivity contribution is 6.28. The summed E-state index contributed by atoms with van der Waals surface area (Å²) in [5.41, 5.74) is 2.10. The first-order valence-corrected chi connectivity index (χ1v) is 5.48. The van der Waals surface area contributed by atoms with E-state index >= 15 is 0 Å². The Kier molecular flexibility index (Phi) is 3.39. The van der Waals surface area contributed by atoms with Crippen LogP contribution < -0.4 is 10.6 Å². The third-order valence-corrected chi connectivity index (χ3v) is 2.31. The van der Waals surface area contributed by atoms with E-state index in [4.69, 9.17) is 11.6 Å². The summed E-state index contributed by atoms with van der Waals surface area (Å²) >= 11 is 5.78. The van der Waals surface area contributed by atoms with Crippen LogP contribution in [0, 0.1) is 6.92 Å². The zero-order chi connectivity index (χ0) is 12.3. The first-order chi connectivity index (χ1) is 8.17. The Morgan fingerprint density at radius 3 is 2.29 bits per heavy atom. The summed E-state index contributed by atoms with van der Waals surface area (Å²) in [5.74, 6) is 0.845. The Bertz CT molecular complexity index is 512. The number of hydrogen-bond donors (Lipinski definition) is 2. The predicted octanol–water partition coefficient (Wildman–Crippen LogP) is 2.62. The number of nitrogens with one attached hydrogen (secondary N) is 2. The maximum absolute atomic E-state index is 5.78. The fourth-order valence-electron chi connectivity index (χ4n) is 1.28. The van der Waals surface area contributed by atoms with Crippen molar-refractivity contribution >= 4 is 29.2 Å². The minimum atomic E-state index is 0.152. The molecule has 0 unspecified atom stereocenters. The maximum atomic E-state index is 5.78. The lowest BCUT2D eigenvalue weighted by atomic mass is 10.2. The van der Waals surface area contributed by atoms with E-state index in [0.717, 1.165) is 5.69 Å². The van der Waals surface area contributed by atoms with Crippen molar-refractivity contribution in [3.8, 4) is 0 Å². The number of aromatic nitrogens is 3. The Morgan fingerprint density at radius 1 is 1.00 bits per heavy atom. The molecule has 0 saturated heterocycles. The van der Waals surface area contributed by atoms with Crippen LogP contribution in [0.2, 0.25) is 5.28 Å². The molecule has 17 heavy (non-hydrogen) atoms. The van der Waals surface area contributed by atoms with Crippen molar-refractivity contribution in [1.29, 1.82) is 0 Å². The zero-order valence-electron chi connectivity index (χ0n) is 9.53. The van der Waals surface area contributed by atoms with Crippen molar-refractivity contribution in [2.75, 3.05) is 17.7 Å². The van der Waals surface area contributed by atoms with Crippen LogP contribution in [0.3, 0.4) is 0 Å². The predicted molar refractivity (Wildman–Crippen MR) is 68.8 cm³/mol. The van der Waals surface area contributed by atoms with Crippen LogP contribution in [0.15, 0.2) is 24.3 Å². The SMILES string of the molecule is CNc1nc(Cl)nc(Nc2ccc(C)cc2)n1. The average molecular weight is 250 g/mol. The largest absolute Gasteiger partial charge is 0.357 e. The third kappa shape index (κ3) is 3.04. The molecule has 0 aliphatic heterocycles. The number of nitrogens with zero attached hydrogens (tertiary/aromatic N) is 3. The summed E-state index contributed by atoms with van der Waals surface area (Å²) in [6, 6.07) is 7.91. The standard InChI is InChI=1S/C11H12ClN5/c1-7-3-5-8(6-4-7)14-11-16-9(12)15-10(13-2)17-11/h3-6H,1-2H3,(H2,13,14,15,16,17). The molecule has 1 heterocycles. The Hall–Kier alpha value is -1.88. The van der Waals surface area contributed by atoms with E-state index in [1.807, 2.05) is 31.2 Å². The summed E-state index contributed by atoms with van der Waals surface area (Å²) in [5, 5.41) is 6.03. The number of halogens is 1. The van der Waals surface area contributed by atoms with Gasteiger partial charge in [-0.05, 0) is 30.7 Å². The fraction of sp³-hybridized carbons (Fsp3) is 0.182. The molecule has 0 bridgehead atoms. The molecular weight excluding hydrogens is 238 g/mol. The van der Waals surface area contributed by atoms with Gasteiger partial charge in [-0.2, -0.15) is 15.0 Å². The Labute approximate surface area is 104 Å². The molecule has 2 rings (SSSR count). The Morgan fingerprint density at radius 2 is 1.65 bits per heavy atom. The van der Waals surface area contributed by atoms with E-state index < -0.39 is 0 Å². The van der Waals surface area contributed by atoms with E-state index in [9.17, 15) is 0 Å². The van der Waals surface area contributed by atoms with Gasteiger partial charge in [0, 0.05) is 12.7 Å². The van der Waals surface area contributed by atoms with Gasteiger partial charge in [0.25, 0.3) is 0 Å². The molecule has 1 aromatic heterocycles. The number of benzene rings is 1. The lowest BCUT2D eigenvalue weighted by Gasteiger charge is -2.06. The molecule has 1 aromatic carbocycles. The molecule has 0 atom stereocenters. The van der Waals surface area contributed by atoms with Crippen molar-refractivity contribution in [2.45, 2.75) is 6.92 Å². The molecular formula is C11H12ClN5. The number of hydrogen-bond acceptors (Lipinski definition) is 5.